The van der Waals surface area contributed by atoms with Crippen LogP contribution in [-0.4, -0.2) is 49.2 Å². The molecule has 7 nitrogen and oxygen atoms in total. The van der Waals surface area contributed by atoms with Crippen molar-refractivity contribution in [3.05, 3.63) is 77.4 Å². The van der Waals surface area contributed by atoms with Gasteiger partial charge < -0.3 is 4.74 Å². The van der Waals surface area contributed by atoms with Gasteiger partial charge in [0, 0.05) is 54.5 Å². The average molecular weight is 418 g/mol. The maximum absolute atomic E-state index is 13.8. The van der Waals surface area contributed by atoms with Gasteiger partial charge in [0.05, 0.1) is 24.2 Å². The second-order valence-corrected chi connectivity index (χ2v) is 7.84. The van der Waals surface area contributed by atoms with Crippen LogP contribution in [0.25, 0.3) is 16.9 Å². The highest BCUT2D eigenvalue weighted by atomic mass is 19.1. The molecule has 1 aromatic carbocycles. The number of benzene rings is 1. The fourth-order valence-electron chi connectivity index (χ4n) is 4.12. The summed E-state index contributed by atoms with van der Waals surface area (Å²) in [5, 5.41) is 4.50. The molecule has 8 heteroatoms. The molecule has 0 spiro atoms. The second kappa shape index (κ2) is 8.13. The van der Waals surface area contributed by atoms with E-state index in [0.29, 0.717) is 24.4 Å². The third-order valence-corrected chi connectivity index (χ3v) is 5.53. The number of aromatic nitrogens is 5. The molecular weight excluding hydrogens is 395 g/mol. The first-order chi connectivity index (χ1) is 15.1. The molecule has 0 bridgehead atoms. The minimum atomic E-state index is -0.300. The minimum Gasteiger partial charge on any atom is -0.369 e. The van der Waals surface area contributed by atoms with Crippen LogP contribution < -0.4 is 0 Å². The van der Waals surface area contributed by atoms with Crippen molar-refractivity contribution in [2.45, 2.75) is 26.5 Å². The molecule has 1 atom stereocenters. The highest BCUT2D eigenvalue weighted by Crippen LogP contribution is 2.30. The van der Waals surface area contributed by atoms with Gasteiger partial charge in [-0.1, -0.05) is 12.1 Å². The number of morpholine rings is 1. The van der Waals surface area contributed by atoms with Crippen molar-refractivity contribution in [3.8, 4) is 11.3 Å². The zero-order chi connectivity index (χ0) is 21.4. The lowest BCUT2D eigenvalue weighted by Gasteiger charge is -2.32. The second-order valence-electron chi connectivity index (χ2n) is 7.84. The zero-order valence-corrected chi connectivity index (χ0v) is 17.5. The van der Waals surface area contributed by atoms with E-state index in [-0.39, 0.29) is 11.9 Å². The van der Waals surface area contributed by atoms with E-state index in [4.69, 9.17) is 4.74 Å². The molecule has 1 fully saturated rings. The van der Waals surface area contributed by atoms with Gasteiger partial charge in [-0.2, -0.15) is 5.10 Å². The SMILES string of the molecule is Cc1cc(C)n2ncc(CN3CCOC(c4nccnc4-c4cccc(F)c4)C3)c2n1. The predicted octanol–water partition coefficient (Wildman–Crippen LogP) is 3.52. The maximum atomic E-state index is 13.8. The topological polar surface area (TPSA) is 68.4 Å². The summed E-state index contributed by atoms with van der Waals surface area (Å²) in [4.78, 5) is 16.0. The fourth-order valence-corrected chi connectivity index (χ4v) is 4.12. The van der Waals surface area contributed by atoms with Gasteiger partial charge in [-0.25, -0.2) is 13.9 Å². The standard InChI is InChI=1S/C23H23FN6O/c1-15-10-16(2)30-23(28-15)18(12-27-30)13-29-8-9-31-20(14-29)22-21(25-6-7-26-22)17-4-3-5-19(24)11-17/h3-7,10-12,20H,8-9,13-14H2,1-2H3. The summed E-state index contributed by atoms with van der Waals surface area (Å²) in [5.41, 5.74) is 6.08. The van der Waals surface area contributed by atoms with E-state index in [1.807, 2.05) is 36.7 Å². The van der Waals surface area contributed by atoms with Crippen molar-refractivity contribution in [1.29, 1.82) is 0 Å². The lowest BCUT2D eigenvalue weighted by molar-refractivity contribution is -0.0347. The molecule has 1 aliphatic rings. The number of fused-ring (bicyclic) bond motifs is 1. The number of hydrogen-bond donors (Lipinski definition) is 0. The number of aryl methyl sites for hydroxylation is 2. The molecular formula is C23H23FN6O. The lowest BCUT2D eigenvalue weighted by Crippen LogP contribution is -2.38. The van der Waals surface area contributed by atoms with Crippen LogP contribution in [0.15, 0.2) is 48.9 Å². The molecule has 4 aromatic rings. The Morgan fingerprint density at radius 1 is 1.16 bits per heavy atom. The smallest absolute Gasteiger partial charge is 0.159 e. The first kappa shape index (κ1) is 19.7. The number of rotatable bonds is 4. The van der Waals surface area contributed by atoms with Crippen molar-refractivity contribution in [3.63, 3.8) is 0 Å². The van der Waals surface area contributed by atoms with Crippen LogP contribution in [0.5, 0.6) is 0 Å². The normalized spacial score (nSPS) is 17.3. The molecule has 1 aliphatic heterocycles. The zero-order valence-electron chi connectivity index (χ0n) is 17.5. The van der Waals surface area contributed by atoms with Gasteiger partial charge in [0.2, 0.25) is 0 Å². The van der Waals surface area contributed by atoms with Crippen LogP contribution in [0.1, 0.15) is 28.7 Å². The molecule has 0 radical (unpaired) electrons. The Morgan fingerprint density at radius 3 is 2.90 bits per heavy atom. The maximum Gasteiger partial charge on any atom is 0.159 e. The molecule has 1 saturated heterocycles. The number of hydrogen-bond acceptors (Lipinski definition) is 6. The summed E-state index contributed by atoms with van der Waals surface area (Å²) in [6, 6.07) is 8.44. The summed E-state index contributed by atoms with van der Waals surface area (Å²) in [5.74, 6) is -0.300. The average Bonchev–Trinajstić information content (AvgIpc) is 3.17. The molecule has 158 valence electrons. The van der Waals surface area contributed by atoms with E-state index in [2.05, 4.69) is 25.0 Å². The Kier molecular flexibility index (Phi) is 5.17. The van der Waals surface area contributed by atoms with E-state index in [1.165, 1.54) is 12.1 Å². The summed E-state index contributed by atoms with van der Waals surface area (Å²) < 4.78 is 21.7. The Morgan fingerprint density at radius 2 is 2.03 bits per heavy atom. The summed E-state index contributed by atoms with van der Waals surface area (Å²) in [6.45, 7) is 6.78. The monoisotopic (exact) mass is 418 g/mol. The Labute approximate surface area is 179 Å². The van der Waals surface area contributed by atoms with E-state index < -0.39 is 0 Å². The predicted molar refractivity (Wildman–Crippen MR) is 114 cm³/mol. The first-order valence-corrected chi connectivity index (χ1v) is 10.3. The Balaban J connectivity index is 1.41. The quantitative estimate of drug-likeness (QED) is 0.505. The van der Waals surface area contributed by atoms with Gasteiger partial charge in [0.1, 0.15) is 11.9 Å². The Hall–Kier alpha value is -3.23. The van der Waals surface area contributed by atoms with Gasteiger partial charge >= 0.3 is 0 Å². The molecule has 3 aromatic heterocycles. The molecule has 0 amide bonds. The van der Waals surface area contributed by atoms with Gasteiger partial charge in [0.15, 0.2) is 5.65 Å². The molecule has 5 rings (SSSR count). The van der Waals surface area contributed by atoms with Crippen molar-refractivity contribution in [1.82, 2.24) is 29.5 Å². The van der Waals surface area contributed by atoms with Crippen molar-refractivity contribution in [2.75, 3.05) is 19.7 Å². The van der Waals surface area contributed by atoms with E-state index >= 15 is 0 Å². The minimum absolute atomic E-state index is 0.251. The van der Waals surface area contributed by atoms with Crippen LogP contribution in [0.2, 0.25) is 0 Å². The van der Waals surface area contributed by atoms with Crippen LogP contribution in [0.4, 0.5) is 4.39 Å². The summed E-state index contributed by atoms with van der Waals surface area (Å²) >= 11 is 0. The van der Waals surface area contributed by atoms with Gasteiger partial charge in [-0.15, -0.1) is 0 Å². The number of nitrogens with zero attached hydrogens (tertiary/aromatic N) is 6. The highest BCUT2D eigenvalue weighted by Gasteiger charge is 2.27. The van der Waals surface area contributed by atoms with Gasteiger partial charge in [-0.3, -0.25) is 14.9 Å². The highest BCUT2D eigenvalue weighted by molar-refractivity contribution is 5.62. The van der Waals surface area contributed by atoms with E-state index in [0.717, 1.165) is 41.4 Å². The third kappa shape index (κ3) is 3.92. The number of halogens is 1. The van der Waals surface area contributed by atoms with Gasteiger partial charge in [0.25, 0.3) is 0 Å². The first-order valence-electron chi connectivity index (χ1n) is 10.3. The molecule has 1 unspecified atom stereocenters. The van der Waals surface area contributed by atoms with Crippen molar-refractivity contribution < 1.29 is 9.13 Å². The third-order valence-electron chi connectivity index (χ3n) is 5.53. The van der Waals surface area contributed by atoms with Crippen molar-refractivity contribution in [2.24, 2.45) is 0 Å². The van der Waals surface area contributed by atoms with E-state index in [9.17, 15) is 4.39 Å². The molecule has 31 heavy (non-hydrogen) atoms. The summed E-state index contributed by atoms with van der Waals surface area (Å²) in [7, 11) is 0. The largest absolute Gasteiger partial charge is 0.369 e. The van der Waals surface area contributed by atoms with Crippen LogP contribution in [0, 0.1) is 19.7 Å². The van der Waals surface area contributed by atoms with E-state index in [1.54, 1.807) is 18.5 Å². The van der Waals surface area contributed by atoms with Gasteiger partial charge in [-0.05, 0) is 32.0 Å². The van der Waals surface area contributed by atoms with Crippen molar-refractivity contribution >= 4 is 5.65 Å². The molecule has 0 saturated carbocycles. The molecule has 0 N–H and O–H groups in total. The Bertz CT molecular complexity index is 1240. The van der Waals surface area contributed by atoms with Crippen LogP contribution in [-0.2, 0) is 11.3 Å². The molecule has 0 aliphatic carbocycles. The summed E-state index contributed by atoms with van der Waals surface area (Å²) in [6.07, 6.45) is 4.92. The number of ether oxygens (including phenoxy) is 1. The lowest BCUT2D eigenvalue weighted by atomic mass is 10.0. The van der Waals surface area contributed by atoms with Crippen LogP contribution in [0.3, 0.4) is 0 Å². The van der Waals surface area contributed by atoms with Crippen LogP contribution >= 0.6 is 0 Å². The fraction of sp³-hybridized carbons (Fsp3) is 0.304. The molecule has 4 heterocycles.